The van der Waals surface area contributed by atoms with Gasteiger partial charge in [0.25, 0.3) is 0 Å². The predicted molar refractivity (Wildman–Crippen MR) is 104 cm³/mol. The third-order valence-corrected chi connectivity index (χ3v) is 4.15. The highest BCUT2D eigenvalue weighted by Gasteiger charge is 2.03. The molecular weight excluding hydrogens is 310 g/mol. The molecule has 3 aromatic rings. The fourth-order valence-electron chi connectivity index (χ4n) is 2.77. The number of hydrogen-bond donors (Lipinski definition) is 1. The molecule has 0 aliphatic carbocycles. The lowest BCUT2D eigenvalue weighted by Crippen LogP contribution is -2.09. The van der Waals surface area contributed by atoms with E-state index in [1.807, 2.05) is 60.7 Å². The van der Waals surface area contributed by atoms with Crippen molar-refractivity contribution < 1.29 is 9.53 Å². The van der Waals surface area contributed by atoms with Crippen molar-refractivity contribution in [2.45, 2.75) is 13.3 Å². The van der Waals surface area contributed by atoms with Gasteiger partial charge in [-0.3, -0.25) is 4.79 Å². The number of rotatable bonds is 5. The van der Waals surface area contributed by atoms with Crippen molar-refractivity contribution >= 4 is 28.4 Å². The molecule has 0 aromatic heterocycles. The molecule has 0 radical (unpaired) electrons. The number of benzene rings is 3. The van der Waals surface area contributed by atoms with Crippen LogP contribution in [0, 0.1) is 0 Å². The summed E-state index contributed by atoms with van der Waals surface area (Å²) in [4.78, 5) is 12.2. The van der Waals surface area contributed by atoms with Crippen LogP contribution in [0.25, 0.3) is 16.8 Å². The molecule has 0 bridgehead atoms. The van der Waals surface area contributed by atoms with E-state index in [0.29, 0.717) is 0 Å². The van der Waals surface area contributed by atoms with Gasteiger partial charge in [-0.25, -0.2) is 0 Å². The Morgan fingerprint density at radius 3 is 2.60 bits per heavy atom. The molecule has 1 N–H and O–H groups in total. The number of carbonyl (C=O) groups is 1. The smallest absolute Gasteiger partial charge is 0.248 e. The van der Waals surface area contributed by atoms with Gasteiger partial charge in [0.05, 0.1) is 7.11 Å². The molecule has 0 aliphatic heterocycles. The van der Waals surface area contributed by atoms with Crippen molar-refractivity contribution in [2.24, 2.45) is 0 Å². The van der Waals surface area contributed by atoms with Crippen molar-refractivity contribution in [2.75, 3.05) is 12.4 Å². The van der Waals surface area contributed by atoms with Gasteiger partial charge >= 0.3 is 0 Å². The summed E-state index contributed by atoms with van der Waals surface area (Å²) in [5.41, 5.74) is 2.98. The van der Waals surface area contributed by atoms with E-state index in [1.165, 1.54) is 0 Å². The molecule has 0 fully saturated rings. The molecule has 3 nitrogen and oxygen atoms in total. The van der Waals surface area contributed by atoms with E-state index in [1.54, 1.807) is 13.2 Å². The standard InChI is InChI=1S/C22H21NO2/c1-3-17-6-4-5-7-21(17)23-22(24)13-9-16-8-10-19-15-20(25-2)12-11-18(19)14-16/h4-15H,3H2,1-2H3,(H,23,24)/b13-9+. The van der Waals surface area contributed by atoms with Gasteiger partial charge in [-0.05, 0) is 58.7 Å². The number of carbonyl (C=O) groups excluding carboxylic acids is 1. The third kappa shape index (κ3) is 4.07. The zero-order chi connectivity index (χ0) is 17.6. The van der Waals surface area contributed by atoms with Crippen LogP contribution in [-0.2, 0) is 11.2 Å². The summed E-state index contributed by atoms with van der Waals surface area (Å²) < 4.78 is 5.24. The Labute approximate surface area is 147 Å². The van der Waals surface area contributed by atoms with Gasteiger partial charge in [-0.15, -0.1) is 0 Å². The van der Waals surface area contributed by atoms with Crippen LogP contribution >= 0.6 is 0 Å². The topological polar surface area (TPSA) is 38.3 Å². The van der Waals surface area contributed by atoms with Gasteiger partial charge in [0.15, 0.2) is 0 Å². The second-order valence-corrected chi connectivity index (χ2v) is 5.81. The summed E-state index contributed by atoms with van der Waals surface area (Å²) in [5, 5.41) is 5.16. The van der Waals surface area contributed by atoms with Gasteiger partial charge in [0.1, 0.15) is 5.75 Å². The van der Waals surface area contributed by atoms with E-state index in [0.717, 1.165) is 39.8 Å². The predicted octanol–water partition coefficient (Wildman–Crippen LogP) is 5.06. The van der Waals surface area contributed by atoms with Crippen LogP contribution in [0.5, 0.6) is 5.75 Å². The maximum absolute atomic E-state index is 12.2. The zero-order valence-corrected chi connectivity index (χ0v) is 14.5. The summed E-state index contributed by atoms with van der Waals surface area (Å²) in [6.45, 7) is 2.07. The first-order valence-corrected chi connectivity index (χ1v) is 8.34. The molecule has 25 heavy (non-hydrogen) atoms. The first-order chi connectivity index (χ1) is 12.2. The van der Waals surface area contributed by atoms with Crippen molar-refractivity contribution in [1.29, 1.82) is 0 Å². The number of hydrogen-bond acceptors (Lipinski definition) is 2. The molecule has 3 heteroatoms. The summed E-state index contributed by atoms with van der Waals surface area (Å²) in [5.74, 6) is 0.709. The van der Waals surface area contributed by atoms with Crippen LogP contribution in [0.2, 0.25) is 0 Å². The molecule has 0 spiro atoms. The highest BCUT2D eigenvalue weighted by molar-refractivity contribution is 6.02. The average Bonchev–Trinajstić information content (AvgIpc) is 2.66. The minimum absolute atomic E-state index is 0.129. The lowest BCUT2D eigenvalue weighted by Gasteiger charge is -2.07. The largest absolute Gasteiger partial charge is 0.497 e. The van der Waals surface area contributed by atoms with Crippen LogP contribution in [-0.4, -0.2) is 13.0 Å². The Kier molecular flexibility index (Phi) is 5.14. The van der Waals surface area contributed by atoms with Crippen molar-refractivity contribution in [3.63, 3.8) is 0 Å². The fourth-order valence-corrected chi connectivity index (χ4v) is 2.77. The molecular formula is C22H21NO2. The number of amides is 1. The van der Waals surface area contributed by atoms with Crippen molar-refractivity contribution in [3.8, 4) is 5.75 Å². The zero-order valence-electron chi connectivity index (χ0n) is 14.5. The highest BCUT2D eigenvalue weighted by Crippen LogP contribution is 2.22. The van der Waals surface area contributed by atoms with Gasteiger partial charge in [-0.2, -0.15) is 0 Å². The van der Waals surface area contributed by atoms with Crippen molar-refractivity contribution in [1.82, 2.24) is 0 Å². The van der Waals surface area contributed by atoms with Crippen LogP contribution < -0.4 is 10.1 Å². The van der Waals surface area contributed by atoms with Gasteiger partial charge in [0, 0.05) is 11.8 Å². The molecule has 0 saturated heterocycles. The number of para-hydroxylation sites is 1. The summed E-state index contributed by atoms with van der Waals surface area (Å²) in [7, 11) is 1.66. The van der Waals surface area contributed by atoms with Crippen molar-refractivity contribution in [3.05, 3.63) is 77.9 Å². The quantitative estimate of drug-likeness (QED) is 0.663. The lowest BCUT2D eigenvalue weighted by atomic mass is 10.1. The Morgan fingerprint density at radius 1 is 1.04 bits per heavy atom. The SMILES string of the molecule is CCc1ccccc1NC(=O)/C=C/c1ccc2cc(OC)ccc2c1. The number of aryl methyl sites for hydroxylation is 1. The highest BCUT2D eigenvalue weighted by atomic mass is 16.5. The van der Waals surface area contributed by atoms with E-state index < -0.39 is 0 Å². The lowest BCUT2D eigenvalue weighted by molar-refractivity contribution is -0.111. The Morgan fingerprint density at radius 2 is 1.80 bits per heavy atom. The van der Waals surface area contributed by atoms with E-state index in [4.69, 9.17) is 4.74 Å². The van der Waals surface area contributed by atoms with Gasteiger partial charge in [-0.1, -0.05) is 43.3 Å². The first-order valence-electron chi connectivity index (χ1n) is 8.34. The molecule has 126 valence electrons. The number of fused-ring (bicyclic) bond motifs is 1. The maximum Gasteiger partial charge on any atom is 0.248 e. The Balaban J connectivity index is 1.74. The van der Waals surface area contributed by atoms with Gasteiger partial charge in [0.2, 0.25) is 5.91 Å². The third-order valence-electron chi connectivity index (χ3n) is 4.15. The summed E-state index contributed by atoms with van der Waals surface area (Å²) in [6, 6.07) is 19.9. The van der Waals surface area contributed by atoms with E-state index in [-0.39, 0.29) is 5.91 Å². The monoisotopic (exact) mass is 331 g/mol. The minimum atomic E-state index is -0.129. The Hall–Kier alpha value is -3.07. The van der Waals surface area contributed by atoms with Crippen LogP contribution in [0.3, 0.4) is 0 Å². The van der Waals surface area contributed by atoms with Crippen LogP contribution in [0.15, 0.2) is 66.7 Å². The molecule has 1 amide bonds. The van der Waals surface area contributed by atoms with E-state index >= 15 is 0 Å². The fraction of sp³-hybridized carbons (Fsp3) is 0.136. The number of nitrogens with one attached hydrogen (secondary N) is 1. The maximum atomic E-state index is 12.2. The van der Waals surface area contributed by atoms with E-state index in [2.05, 4.69) is 18.3 Å². The molecule has 3 rings (SSSR count). The average molecular weight is 331 g/mol. The van der Waals surface area contributed by atoms with Crippen LogP contribution in [0.4, 0.5) is 5.69 Å². The molecule has 3 aromatic carbocycles. The first kappa shape index (κ1) is 16.8. The second-order valence-electron chi connectivity index (χ2n) is 5.81. The number of anilines is 1. The minimum Gasteiger partial charge on any atom is -0.497 e. The summed E-state index contributed by atoms with van der Waals surface area (Å²) >= 11 is 0. The summed E-state index contributed by atoms with van der Waals surface area (Å²) in [6.07, 6.45) is 4.28. The molecule has 0 heterocycles. The normalized spacial score (nSPS) is 11.0. The number of methoxy groups -OCH3 is 1. The molecule has 0 saturated carbocycles. The molecule has 0 aliphatic rings. The molecule has 0 unspecified atom stereocenters. The number of ether oxygens (including phenoxy) is 1. The second kappa shape index (κ2) is 7.67. The van der Waals surface area contributed by atoms with Crippen LogP contribution in [0.1, 0.15) is 18.1 Å². The van der Waals surface area contributed by atoms with Gasteiger partial charge < -0.3 is 10.1 Å². The Bertz CT molecular complexity index is 928. The molecule has 0 atom stereocenters. The van der Waals surface area contributed by atoms with E-state index in [9.17, 15) is 4.79 Å².